The SMILES string of the molecule is C=C(C)c1cc(Oc2ccc(N)cn2)ccc1C#N. The third-order valence-electron chi connectivity index (χ3n) is 2.55. The molecule has 0 aliphatic rings. The fourth-order valence-corrected chi connectivity index (χ4v) is 1.61. The number of nitrogens with zero attached hydrogens (tertiary/aromatic N) is 2. The molecule has 0 saturated carbocycles. The average Bonchev–Trinajstić information content (AvgIpc) is 2.41. The van der Waals surface area contributed by atoms with Gasteiger partial charge >= 0.3 is 0 Å². The van der Waals surface area contributed by atoms with Crippen LogP contribution in [0.1, 0.15) is 18.1 Å². The standard InChI is InChI=1S/C15H13N3O/c1-10(2)14-7-13(5-3-11(14)8-16)19-15-6-4-12(17)9-18-15/h3-7,9H,1,17H2,2H3. The molecule has 0 atom stereocenters. The van der Waals surface area contributed by atoms with E-state index in [-0.39, 0.29) is 0 Å². The number of pyridine rings is 1. The van der Waals surface area contributed by atoms with Crippen molar-refractivity contribution < 1.29 is 4.74 Å². The molecule has 0 unspecified atom stereocenters. The molecule has 1 aromatic carbocycles. The van der Waals surface area contributed by atoms with Crippen LogP contribution in [0, 0.1) is 11.3 Å². The van der Waals surface area contributed by atoms with E-state index in [0.717, 1.165) is 11.1 Å². The highest BCUT2D eigenvalue weighted by Gasteiger charge is 2.06. The number of benzene rings is 1. The van der Waals surface area contributed by atoms with Crippen LogP contribution in [0.5, 0.6) is 11.6 Å². The summed E-state index contributed by atoms with van der Waals surface area (Å²) in [6.07, 6.45) is 1.53. The van der Waals surface area contributed by atoms with Crippen molar-refractivity contribution in [3.63, 3.8) is 0 Å². The minimum absolute atomic E-state index is 0.451. The Hall–Kier alpha value is -2.80. The van der Waals surface area contributed by atoms with E-state index in [1.54, 1.807) is 30.3 Å². The first-order chi connectivity index (χ1) is 9.10. The van der Waals surface area contributed by atoms with E-state index in [4.69, 9.17) is 15.7 Å². The van der Waals surface area contributed by atoms with Crippen molar-refractivity contribution in [1.82, 2.24) is 4.98 Å². The van der Waals surface area contributed by atoms with Gasteiger partial charge in [-0.3, -0.25) is 0 Å². The van der Waals surface area contributed by atoms with Crippen LogP contribution in [0.2, 0.25) is 0 Å². The van der Waals surface area contributed by atoms with E-state index >= 15 is 0 Å². The summed E-state index contributed by atoms with van der Waals surface area (Å²) >= 11 is 0. The van der Waals surface area contributed by atoms with Crippen LogP contribution in [-0.4, -0.2) is 4.98 Å². The summed E-state index contributed by atoms with van der Waals surface area (Å²) in [4.78, 5) is 4.06. The van der Waals surface area contributed by atoms with Crippen LogP contribution in [0.4, 0.5) is 5.69 Å². The van der Waals surface area contributed by atoms with Crippen molar-refractivity contribution in [2.45, 2.75) is 6.92 Å². The summed E-state index contributed by atoms with van der Waals surface area (Å²) in [6, 6.07) is 10.7. The lowest BCUT2D eigenvalue weighted by Gasteiger charge is -2.08. The first-order valence-corrected chi connectivity index (χ1v) is 5.69. The molecule has 0 spiro atoms. The van der Waals surface area contributed by atoms with Gasteiger partial charge in [0.15, 0.2) is 0 Å². The van der Waals surface area contributed by atoms with Gasteiger partial charge in [-0.1, -0.05) is 6.58 Å². The molecule has 2 rings (SSSR count). The van der Waals surface area contributed by atoms with Crippen molar-refractivity contribution in [3.05, 3.63) is 54.2 Å². The summed E-state index contributed by atoms with van der Waals surface area (Å²) < 4.78 is 5.61. The van der Waals surface area contributed by atoms with Gasteiger partial charge in [-0.05, 0) is 42.3 Å². The van der Waals surface area contributed by atoms with E-state index in [2.05, 4.69) is 17.6 Å². The number of nitrogen functional groups attached to an aromatic ring is 1. The van der Waals surface area contributed by atoms with E-state index < -0.39 is 0 Å². The number of hydrogen-bond acceptors (Lipinski definition) is 4. The lowest BCUT2D eigenvalue weighted by molar-refractivity contribution is 0.463. The summed E-state index contributed by atoms with van der Waals surface area (Å²) in [7, 11) is 0. The molecular weight excluding hydrogens is 238 g/mol. The minimum Gasteiger partial charge on any atom is -0.439 e. The van der Waals surface area contributed by atoms with Crippen LogP contribution in [0.25, 0.3) is 5.57 Å². The number of nitrogens with two attached hydrogens (primary N) is 1. The Morgan fingerprint density at radius 2 is 2.16 bits per heavy atom. The molecule has 0 amide bonds. The largest absolute Gasteiger partial charge is 0.439 e. The Morgan fingerprint density at radius 1 is 1.37 bits per heavy atom. The van der Waals surface area contributed by atoms with Gasteiger partial charge < -0.3 is 10.5 Å². The number of rotatable bonds is 3. The number of aromatic nitrogens is 1. The van der Waals surface area contributed by atoms with E-state index in [1.807, 2.05) is 6.92 Å². The van der Waals surface area contributed by atoms with E-state index in [0.29, 0.717) is 22.9 Å². The Kier molecular flexibility index (Phi) is 3.48. The van der Waals surface area contributed by atoms with Crippen molar-refractivity contribution >= 4 is 11.3 Å². The molecule has 19 heavy (non-hydrogen) atoms. The third-order valence-corrected chi connectivity index (χ3v) is 2.55. The first kappa shape index (κ1) is 12.7. The molecule has 0 fully saturated rings. The molecule has 4 nitrogen and oxygen atoms in total. The summed E-state index contributed by atoms with van der Waals surface area (Å²) in [5.74, 6) is 1.06. The van der Waals surface area contributed by atoms with Crippen LogP contribution in [0.3, 0.4) is 0 Å². The highest BCUT2D eigenvalue weighted by Crippen LogP contribution is 2.26. The van der Waals surface area contributed by atoms with Gasteiger partial charge in [0.05, 0.1) is 23.5 Å². The predicted molar refractivity (Wildman–Crippen MR) is 74.6 cm³/mol. The smallest absolute Gasteiger partial charge is 0.219 e. The maximum absolute atomic E-state index is 9.02. The quantitative estimate of drug-likeness (QED) is 0.907. The molecule has 94 valence electrons. The van der Waals surface area contributed by atoms with Gasteiger partial charge in [0.1, 0.15) is 5.75 Å². The van der Waals surface area contributed by atoms with Crippen LogP contribution >= 0.6 is 0 Å². The lowest BCUT2D eigenvalue weighted by Crippen LogP contribution is -1.92. The minimum atomic E-state index is 0.451. The lowest BCUT2D eigenvalue weighted by atomic mass is 10.0. The molecule has 1 aromatic heterocycles. The summed E-state index contributed by atoms with van der Waals surface area (Å²) in [5, 5.41) is 9.02. The monoisotopic (exact) mass is 251 g/mol. The third kappa shape index (κ3) is 2.90. The molecule has 0 aliphatic carbocycles. The molecule has 0 saturated heterocycles. The molecule has 1 heterocycles. The van der Waals surface area contributed by atoms with Crippen LogP contribution in [0.15, 0.2) is 43.1 Å². The molecular formula is C15H13N3O. The van der Waals surface area contributed by atoms with Crippen molar-refractivity contribution in [2.24, 2.45) is 0 Å². The molecule has 2 N–H and O–H groups in total. The maximum Gasteiger partial charge on any atom is 0.219 e. The molecule has 0 radical (unpaired) electrons. The van der Waals surface area contributed by atoms with Crippen molar-refractivity contribution in [3.8, 4) is 17.7 Å². The number of allylic oxidation sites excluding steroid dienone is 1. The highest BCUT2D eigenvalue weighted by molar-refractivity contribution is 5.68. The Morgan fingerprint density at radius 3 is 2.74 bits per heavy atom. The fourth-order valence-electron chi connectivity index (χ4n) is 1.61. The maximum atomic E-state index is 9.02. The Balaban J connectivity index is 2.31. The topological polar surface area (TPSA) is 71.9 Å². The second-order valence-electron chi connectivity index (χ2n) is 4.13. The van der Waals surface area contributed by atoms with Gasteiger partial charge in [-0.2, -0.15) is 5.26 Å². The number of hydrogen-bond donors (Lipinski definition) is 1. The Labute approximate surface area is 111 Å². The van der Waals surface area contributed by atoms with Gasteiger partial charge in [0, 0.05) is 6.07 Å². The average molecular weight is 251 g/mol. The highest BCUT2D eigenvalue weighted by atomic mass is 16.5. The van der Waals surface area contributed by atoms with E-state index in [1.165, 1.54) is 6.20 Å². The zero-order valence-electron chi connectivity index (χ0n) is 10.6. The molecule has 0 bridgehead atoms. The summed E-state index contributed by atoms with van der Waals surface area (Å²) in [5.41, 5.74) is 8.29. The van der Waals surface area contributed by atoms with Gasteiger partial charge in [0.2, 0.25) is 5.88 Å². The Bertz CT molecular complexity index is 654. The zero-order valence-corrected chi connectivity index (χ0v) is 10.6. The van der Waals surface area contributed by atoms with E-state index in [9.17, 15) is 0 Å². The van der Waals surface area contributed by atoms with Crippen LogP contribution < -0.4 is 10.5 Å². The number of nitriles is 1. The molecule has 2 aromatic rings. The summed E-state index contributed by atoms with van der Waals surface area (Å²) in [6.45, 7) is 5.70. The van der Waals surface area contributed by atoms with Crippen molar-refractivity contribution in [1.29, 1.82) is 5.26 Å². The van der Waals surface area contributed by atoms with Gasteiger partial charge in [-0.25, -0.2) is 4.98 Å². The van der Waals surface area contributed by atoms with Gasteiger partial charge in [0.25, 0.3) is 0 Å². The second kappa shape index (κ2) is 5.23. The number of anilines is 1. The second-order valence-corrected chi connectivity index (χ2v) is 4.13. The van der Waals surface area contributed by atoms with Gasteiger partial charge in [-0.15, -0.1) is 0 Å². The zero-order chi connectivity index (χ0) is 13.8. The number of ether oxygens (including phenoxy) is 1. The predicted octanol–water partition coefficient (Wildman–Crippen LogP) is 3.36. The molecule has 4 heteroatoms. The normalized spacial score (nSPS) is 9.68. The first-order valence-electron chi connectivity index (χ1n) is 5.69. The van der Waals surface area contributed by atoms with Crippen LogP contribution in [-0.2, 0) is 0 Å². The molecule has 0 aliphatic heterocycles. The fraction of sp³-hybridized carbons (Fsp3) is 0.0667. The van der Waals surface area contributed by atoms with Crippen molar-refractivity contribution in [2.75, 3.05) is 5.73 Å².